The minimum Gasteiger partial charge on any atom is -0.365 e. The van der Waals surface area contributed by atoms with Crippen LogP contribution in [-0.2, 0) is 15.3 Å². The number of hydrogen-bond acceptors (Lipinski definition) is 6. The van der Waals surface area contributed by atoms with Crippen molar-refractivity contribution in [1.29, 1.82) is 0 Å². The first-order chi connectivity index (χ1) is 16.3. The maximum Gasteiger partial charge on any atom is 0.394 e. The molecular weight excluding hydrogens is 483 g/mol. The van der Waals surface area contributed by atoms with Crippen LogP contribution in [0.1, 0.15) is 55.1 Å². The van der Waals surface area contributed by atoms with E-state index in [1.54, 1.807) is 12.1 Å². The van der Waals surface area contributed by atoms with Gasteiger partial charge in [-0.05, 0) is 56.4 Å². The Bertz CT molecular complexity index is 1180. The minimum absolute atomic E-state index is 0.0517. The number of H-pyrrole nitrogens is 1. The number of aromatic amines is 1. The van der Waals surface area contributed by atoms with Crippen molar-refractivity contribution < 1.29 is 26.4 Å². The molecule has 0 unspecified atom stereocenters. The van der Waals surface area contributed by atoms with E-state index in [9.17, 15) is 26.4 Å². The summed E-state index contributed by atoms with van der Waals surface area (Å²) < 4.78 is 62.0. The quantitative estimate of drug-likeness (QED) is 0.519. The molecule has 2 aliphatic rings. The molecule has 1 saturated carbocycles. The summed E-state index contributed by atoms with van der Waals surface area (Å²) in [5, 5.41) is 10.3. The lowest BCUT2D eigenvalue weighted by atomic mass is 9.67. The Hall–Kier alpha value is -2.60. The van der Waals surface area contributed by atoms with Crippen LogP contribution in [0.2, 0.25) is 0 Å². The van der Waals surface area contributed by atoms with Gasteiger partial charge in [-0.2, -0.15) is 18.3 Å². The van der Waals surface area contributed by atoms with E-state index in [2.05, 4.69) is 15.5 Å². The molecule has 1 saturated heterocycles. The second-order valence-corrected chi connectivity index (χ2v) is 11.7. The van der Waals surface area contributed by atoms with Crippen LogP contribution in [0, 0.1) is 5.92 Å². The molecule has 1 aromatic carbocycles. The minimum atomic E-state index is -4.14. The van der Waals surface area contributed by atoms with Gasteiger partial charge in [-0.3, -0.25) is 14.8 Å². The van der Waals surface area contributed by atoms with Crippen molar-refractivity contribution in [3.8, 4) is 0 Å². The highest BCUT2D eigenvalue weighted by Crippen LogP contribution is 2.46. The van der Waals surface area contributed by atoms with Gasteiger partial charge < -0.3 is 11.1 Å². The van der Waals surface area contributed by atoms with Crippen LogP contribution in [-0.4, -0.2) is 61.0 Å². The molecule has 192 valence electrons. The molecule has 2 heterocycles. The molecule has 1 aliphatic heterocycles. The number of halogens is 3. The number of alkyl halides is 3. The molecular formula is C23H30F3N5O3S. The molecule has 0 spiro atoms. The topological polar surface area (TPSA) is 121 Å². The predicted octanol–water partition coefficient (Wildman–Crippen LogP) is 3.74. The summed E-state index contributed by atoms with van der Waals surface area (Å²) in [5.41, 5.74) is 6.79. The number of carbonyl (C=O) groups excluding carboxylic acids is 1. The molecule has 0 atom stereocenters. The molecule has 0 radical (unpaired) electrons. The van der Waals surface area contributed by atoms with E-state index in [1.165, 1.54) is 12.1 Å². The van der Waals surface area contributed by atoms with Crippen molar-refractivity contribution in [3.63, 3.8) is 0 Å². The van der Waals surface area contributed by atoms with E-state index in [4.69, 9.17) is 5.73 Å². The van der Waals surface area contributed by atoms with Crippen LogP contribution in [0.5, 0.6) is 0 Å². The number of rotatable bonds is 7. The van der Waals surface area contributed by atoms with Gasteiger partial charge in [0.2, 0.25) is 0 Å². The third-order valence-electron chi connectivity index (χ3n) is 7.57. The van der Waals surface area contributed by atoms with Gasteiger partial charge in [0, 0.05) is 36.5 Å². The summed E-state index contributed by atoms with van der Waals surface area (Å²) in [6.45, 7) is 2.12. The van der Waals surface area contributed by atoms with E-state index in [1.807, 2.05) is 11.8 Å². The highest BCUT2D eigenvalue weighted by Gasteiger charge is 2.50. The number of primary amides is 1. The zero-order valence-electron chi connectivity index (χ0n) is 19.7. The predicted molar refractivity (Wildman–Crippen MR) is 125 cm³/mol. The van der Waals surface area contributed by atoms with Gasteiger partial charge in [0.25, 0.3) is 5.91 Å². The number of nitrogens with two attached hydrogens (primary N) is 1. The van der Waals surface area contributed by atoms with Gasteiger partial charge in [0.05, 0.1) is 16.5 Å². The molecule has 1 aliphatic carbocycles. The lowest BCUT2D eigenvalue weighted by Crippen LogP contribution is -2.58. The van der Waals surface area contributed by atoms with Crippen molar-refractivity contribution in [3.05, 3.63) is 35.5 Å². The van der Waals surface area contributed by atoms with Gasteiger partial charge >= 0.3 is 6.18 Å². The SMILES string of the molecule is CCC1(c2[nH]nc(Nc3ccc(S(C)(=O)=O)cc3)c2C(N)=O)CCC(N2CC(C(F)(F)F)C2)CC1. The number of aromatic nitrogens is 2. The Morgan fingerprint density at radius 3 is 2.31 bits per heavy atom. The first kappa shape index (κ1) is 25.5. The van der Waals surface area contributed by atoms with Gasteiger partial charge in [0.1, 0.15) is 5.56 Å². The van der Waals surface area contributed by atoms with E-state index >= 15 is 0 Å². The molecule has 0 bridgehead atoms. The first-order valence-corrected chi connectivity index (χ1v) is 13.5. The average Bonchev–Trinajstić information content (AvgIpc) is 3.16. The Morgan fingerprint density at radius 2 is 1.83 bits per heavy atom. The van der Waals surface area contributed by atoms with Crippen LogP contribution in [0.25, 0.3) is 0 Å². The summed E-state index contributed by atoms with van der Waals surface area (Å²) in [4.78, 5) is 14.5. The number of benzene rings is 1. The number of sulfone groups is 1. The number of hydrogen-bond donors (Lipinski definition) is 3. The van der Waals surface area contributed by atoms with E-state index < -0.39 is 27.8 Å². The normalized spacial score (nSPS) is 24.2. The summed E-state index contributed by atoms with van der Waals surface area (Å²) >= 11 is 0. The van der Waals surface area contributed by atoms with Crippen LogP contribution in [0.15, 0.2) is 29.2 Å². The Balaban J connectivity index is 1.51. The van der Waals surface area contributed by atoms with Gasteiger partial charge in [-0.15, -0.1) is 0 Å². The number of amides is 1. The van der Waals surface area contributed by atoms with Crippen molar-refractivity contribution in [2.24, 2.45) is 11.7 Å². The molecule has 35 heavy (non-hydrogen) atoms. The molecule has 2 aromatic rings. The number of anilines is 2. The third-order valence-corrected chi connectivity index (χ3v) is 8.69. The van der Waals surface area contributed by atoms with E-state index in [0.717, 1.165) is 25.5 Å². The molecule has 4 rings (SSSR count). The zero-order valence-corrected chi connectivity index (χ0v) is 20.5. The summed E-state index contributed by atoms with van der Waals surface area (Å²) in [7, 11) is -3.34. The number of likely N-dealkylation sites (tertiary alicyclic amines) is 1. The maximum absolute atomic E-state index is 12.9. The smallest absolute Gasteiger partial charge is 0.365 e. The van der Waals surface area contributed by atoms with Gasteiger partial charge in [-0.25, -0.2) is 8.42 Å². The van der Waals surface area contributed by atoms with Gasteiger partial charge in [0.15, 0.2) is 15.7 Å². The van der Waals surface area contributed by atoms with Crippen molar-refractivity contribution in [2.45, 2.75) is 61.6 Å². The number of carbonyl (C=O) groups is 1. The van der Waals surface area contributed by atoms with Crippen LogP contribution < -0.4 is 11.1 Å². The van der Waals surface area contributed by atoms with E-state index in [0.29, 0.717) is 24.2 Å². The molecule has 12 heteroatoms. The Labute approximate surface area is 202 Å². The monoisotopic (exact) mass is 513 g/mol. The first-order valence-electron chi connectivity index (χ1n) is 11.6. The Morgan fingerprint density at radius 1 is 1.23 bits per heavy atom. The molecule has 2 fully saturated rings. The summed E-state index contributed by atoms with van der Waals surface area (Å²) in [6.07, 6.45) is 0.556. The van der Waals surface area contributed by atoms with Crippen molar-refractivity contribution in [1.82, 2.24) is 15.1 Å². The lowest BCUT2D eigenvalue weighted by Gasteiger charge is -2.49. The highest BCUT2D eigenvalue weighted by molar-refractivity contribution is 7.90. The molecule has 1 aromatic heterocycles. The standard InChI is InChI=1S/C23H30F3N5O3S/c1-3-22(10-8-16(9-11-22)31-12-14(13-31)23(24,25)26)19-18(20(27)32)21(30-29-19)28-15-4-6-17(7-5-15)35(2,33)34/h4-7,14,16H,3,8-13H2,1-2H3,(H2,27,32)(H2,28,29,30). The van der Waals surface area contributed by atoms with Crippen LogP contribution in [0.4, 0.5) is 24.7 Å². The molecule has 4 N–H and O–H groups in total. The van der Waals surface area contributed by atoms with Gasteiger partial charge in [-0.1, -0.05) is 6.92 Å². The fourth-order valence-electron chi connectivity index (χ4n) is 5.30. The third kappa shape index (κ3) is 5.04. The van der Waals surface area contributed by atoms with Crippen molar-refractivity contribution in [2.75, 3.05) is 24.7 Å². The van der Waals surface area contributed by atoms with E-state index in [-0.39, 0.29) is 40.8 Å². The number of nitrogens with zero attached hydrogens (tertiary/aromatic N) is 2. The summed E-state index contributed by atoms with van der Waals surface area (Å²) in [6, 6.07) is 6.18. The maximum atomic E-state index is 12.9. The lowest BCUT2D eigenvalue weighted by molar-refractivity contribution is -0.215. The Kier molecular flexibility index (Phi) is 6.64. The highest BCUT2D eigenvalue weighted by atomic mass is 32.2. The zero-order chi connectivity index (χ0) is 25.6. The van der Waals surface area contributed by atoms with Crippen molar-refractivity contribution >= 4 is 27.2 Å². The fourth-order valence-corrected chi connectivity index (χ4v) is 5.93. The largest absolute Gasteiger partial charge is 0.394 e. The number of nitrogens with one attached hydrogen (secondary N) is 2. The molecule has 1 amide bonds. The second-order valence-electron chi connectivity index (χ2n) is 9.67. The average molecular weight is 514 g/mol. The summed E-state index contributed by atoms with van der Waals surface area (Å²) in [5.74, 6) is -1.63. The van der Waals surface area contributed by atoms with Crippen LogP contribution in [0.3, 0.4) is 0 Å². The van der Waals surface area contributed by atoms with Crippen LogP contribution >= 0.6 is 0 Å². The fraction of sp³-hybridized carbons (Fsp3) is 0.565. The second kappa shape index (κ2) is 9.12. The molecule has 8 nitrogen and oxygen atoms in total.